The van der Waals surface area contributed by atoms with Crippen molar-refractivity contribution in [3.63, 3.8) is 0 Å². The highest BCUT2D eigenvalue weighted by molar-refractivity contribution is 7.80. The average molecular weight is 269 g/mol. The molecule has 0 aromatic carbocycles. The molecule has 106 valence electrons. The van der Waals surface area contributed by atoms with Gasteiger partial charge in [-0.1, -0.05) is 32.6 Å². The van der Waals surface area contributed by atoms with Crippen LogP contribution in [0.2, 0.25) is 0 Å². The Balaban J connectivity index is 1.75. The maximum Gasteiger partial charge on any atom is 0.00175 e. The molecule has 0 aromatic heterocycles. The number of piperidine rings is 1. The Bertz CT molecular complexity index is 225. The second-order valence-electron chi connectivity index (χ2n) is 6.70. The monoisotopic (exact) mass is 269 g/mol. The van der Waals surface area contributed by atoms with Crippen LogP contribution in [0.4, 0.5) is 0 Å². The Morgan fingerprint density at radius 3 is 2.28 bits per heavy atom. The van der Waals surface area contributed by atoms with E-state index in [1.54, 1.807) is 0 Å². The van der Waals surface area contributed by atoms with Crippen LogP contribution in [0, 0.1) is 11.3 Å². The van der Waals surface area contributed by atoms with Gasteiger partial charge in [-0.05, 0) is 62.3 Å². The minimum Gasteiger partial charge on any atom is -0.303 e. The molecule has 0 amide bonds. The van der Waals surface area contributed by atoms with Crippen LogP contribution in [0.3, 0.4) is 0 Å². The molecular formula is C16H31NS. The molecule has 1 heterocycles. The lowest BCUT2D eigenvalue weighted by atomic mass is 9.68. The molecule has 18 heavy (non-hydrogen) atoms. The van der Waals surface area contributed by atoms with Crippen molar-refractivity contribution in [3.8, 4) is 0 Å². The third-order valence-corrected chi connectivity index (χ3v) is 5.82. The lowest BCUT2D eigenvalue weighted by Crippen LogP contribution is -2.43. The normalized spacial score (nSPS) is 26.3. The summed E-state index contributed by atoms with van der Waals surface area (Å²) < 4.78 is 0. The van der Waals surface area contributed by atoms with Gasteiger partial charge in [0.05, 0.1) is 0 Å². The first-order chi connectivity index (χ1) is 8.78. The second kappa shape index (κ2) is 7.19. The van der Waals surface area contributed by atoms with Gasteiger partial charge in [-0.2, -0.15) is 12.6 Å². The minimum absolute atomic E-state index is 0.760. The first kappa shape index (κ1) is 14.7. The molecule has 1 spiro atoms. The van der Waals surface area contributed by atoms with Crippen LogP contribution in [0.25, 0.3) is 0 Å². The highest BCUT2D eigenvalue weighted by atomic mass is 32.1. The van der Waals surface area contributed by atoms with Crippen molar-refractivity contribution in [2.75, 3.05) is 25.4 Å². The molecule has 2 heteroatoms. The van der Waals surface area contributed by atoms with E-state index in [-0.39, 0.29) is 0 Å². The van der Waals surface area contributed by atoms with Gasteiger partial charge in [0.15, 0.2) is 0 Å². The predicted molar refractivity (Wildman–Crippen MR) is 83.4 cm³/mol. The summed E-state index contributed by atoms with van der Waals surface area (Å²) in [6, 6.07) is 0. The summed E-state index contributed by atoms with van der Waals surface area (Å²) in [6.45, 7) is 6.30. The van der Waals surface area contributed by atoms with E-state index < -0.39 is 0 Å². The van der Waals surface area contributed by atoms with Crippen molar-refractivity contribution < 1.29 is 0 Å². The zero-order valence-corrected chi connectivity index (χ0v) is 13.1. The fourth-order valence-corrected chi connectivity index (χ4v) is 4.32. The Kier molecular flexibility index (Phi) is 5.88. The Morgan fingerprint density at radius 1 is 1.06 bits per heavy atom. The summed E-state index contributed by atoms with van der Waals surface area (Å²) in [5.41, 5.74) is 0.760. The van der Waals surface area contributed by atoms with Gasteiger partial charge in [0.1, 0.15) is 0 Å². The maximum atomic E-state index is 4.52. The summed E-state index contributed by atoms with van der Waals surface area (Å²) in [7, 11) is 0. The number of thiol groups is 1. The molecule has 1 nitrogen and oxygen atoms in total. The SMILES string of the molecule is CCCC(CS)CN1CCC2(CCCCC2)CC1. The number of hydrogen-bond donors (Lipinski definition) is 1. The van der Waals surface area contributed by atoms with E-state index in [2.05, 4.69) is 24.5 Å². The summed E-state index contributed by atoms with van der Waals surface area (Å²) >= 11 is 4.52. The average Bonchev–Trinajstić information content (AvgIpc) is 2.42. The number of rotatable bonds is 5. The Labute approximate surface area is 119 Å². The molecule has 0 N–H and O–H groups in total. The molecule has 0 radical (unpaired) electrons. The van der Waals surface area contributed by atoms with Crippen LogP contribution in [0.1, 0.15) is 64.7 Å². The maximum absolute atomic E-state index is 4.52. The van der Waals surface area contributed by atoms with E-state index >= 15 is 0 Å². The number of likely N-dealkylation sites (tertiary alicyclic amines) is 1. The van der Waals surface area contributed by atoms with Crippen molar-refractivity contribution in [3.05, 3.63) is 0 Å². The lowest BCUT2D eigenvalue weighted by molar-refractivity contribution is 0.0607. The number of hydrogen-bond acceptors (Lipinski definition) is 2. The van der Waals surface area contributed by atoms with Gasteiger partial charge in [-0.25, -0.2) is 0 Å². The predicted octanol–water partition coefficient (Wildman–Crippen LogP) is 4.38. The van der Waals surface area contributed by atoms with Crippen LogP contribution < -0.4 is 0 Å². The van der Waals surface area contributed by atoms with Crippen molar-refractivity contribution in [1.82, 2.24) is 4.90 Å². The minimum atomic E-state index is 0.760. The van der Waals surface area contributed by atoms with Crippen LogP contribution >= 0.6 is 12.6 Å². The molecule has 1 atom stereocenters. The third kappa shape index (κ3) is 3.90. The van der Waals surface area contributed by atoms with E-state index in [9.17, 15) is 0 Å². The van der Waals surface area contributed by atoms with Crippen LogP contribution in [-0.2, 0) is 0 Å². The van der Waals surface area contributed by atoms with Crippen LogP contribution in [0.15, 0.2) is 0 Å². The summed E-state index contributed by atoms with van der Waals surface area (Å²) in [5, 5.41) is 0. The summed E-state index contributed by atoms with van der Waals surface area (Å²) in [6.07, 6.45) is 13.1. The van der Waals surface area contributed by atoms with E-state index in [4.69, 9.17) is 0 Å². The first-order valence-corrected chi connectivity index (χ1v) is 8.74. The molecule has 1 saturated heterocycles. The van der Waals surface area contributed by atoms with Crippen molar-refractivity contribution in [2.24, 2.45) is 11.3 Å². The summed E-state index contributed by atoms with van der Waals surface area (Å²) in [4.78, 5) is 2.72. The summed E-state index contributed by atoms with van der Waals surface area (Å²) in [5.74, 6) is 1.88. The molecule has 1 saturated carbocycles. The molecule has 0 aromatic rings. The molecule has 2 fully saturated rings. The van der Waals surface area contributed by atoms with Crippen LogP contribution in [-0.4, -0.2) is 30.3 Å². The Morgan fingerprint density at radius 2 is 1.72 bits per heavy atom. The molecule has 2 aliphatic rings. The van der Waals surface area contributed by atoms with Gasteiger partial charge in [-0.3, -0.25) is 0 Å². The fourth-order valence-electron chi connectivity index (χ4n) is 4.03. The largest absolute Gasteiger partial charge is 0.303 e. The standard InChI is InChI=1S/C16H31NS/c1-2-6-15(14-18)13-17-11-9-16(10-12-17)7-4-3-5-8-16/h15,18H,2-14H2,1H3. The van der Waals surface area contributed by atoms with E-state index in [0.29, 0.717) is 0 Å². The number of nitrogens with zero attached hydrogens (tertiary/aromatic N) is 1. The van der Waals surface area contributed by atoms with Crippen molar-refractivity contribution in [1.29, 1.82) is 0 Å². The Hall–Kier alpha value is 0.310. The first-order valence-electron chi connectivity index (χ1n) is 8.11. The molecule has 1 aliphatic carbocycles. The topological polar surface area (TPSA) is 3.24 Å². The smallest absolute Gasteiger partial charge is 0.00175 e. The van der Waals surface area contributed by atoms with E-state index in [1.165, 1.54) is 77.4 Å². The second-order valence-corrected chi connectivity index (χ2v) is 7.06. The molecule has 1 unspecified atom stereocenters. The third-order valence-electron chi connectivity index (χ3n) is 5.30. The van der Waals surface area contributed by atoms with Crippen LogP contribution in [0.5, 0.6) is 0 Å². The highest BCUT2D eigenvalue weighted by Crippen LogP contribution is 2.44. The van der Waals surface area contributed by atoms with Gasteiger partial charge in [0.2, 0.25) is 0 Å². The van der Waals surface area contributed by atoms with Crippen molar-refractivity contribution in [2.45, 2.75) is 64.7 Å². The van der Waals surface area contributed by atoms with Gasteiger partial charge >= 0.3 is 0 Å². The van der Waals surface area contributed by atoms with Gasteiger partial charge in [0, 0.05) is 6.54 Å². The molecule has 0 bridgehead atoms. The lowest BCUT2D eigenvalue weighted by Gasteiger charge is -2.45. The fraction of sp³-hybridized carbons (Fsp3) is 1.00. The zero-order chi connectivity index (χ0) is 12.8. The zero-order valence-electron chi connectivity index (χ0n) is 12.2. The van der Waals surface area contributed by atoms with E-state index in [1.807, 2.05) is 0 Å². The molecule has 1 aliphatic heterocycles. The quantitative estimate of drug-likeness (QED) is 0.725. The van der Waals surface area contributed by atoms with Gasteiger partial charge < -0.3 is 4.90 Å². The van der Waals surface area contributed by atoms with Gasteiger partial charge in [0.25, 0.3) is 0 Å². The van der Waals surface area contributed by atoms with Gasteiger partial charge in [-0.15, -0.1) is 0 Å². The molecular weight excluding hydrogens is 238 g/mol. The van der Waals surface area contributed by atoms with E-state index in [0.717, 1.165) is 17.1 Å². The highest BCUT2D eigenvalue weighted by Gasteiger charge is 2.35. The molecule has 2 rings (SSSR count). The van der Waals surface area contributed by atoms with Crippen molar-refractivity contribution >= 4 is 12.6 Å².